The van der Waals surface area contributed by atoms with Crippen molar-refractivity contribution in [3.05, 3.63) is 35.5 Å². The van der Waals surface area contributed by atoms with Crippen molar-refractivity contribution in [1.29, 1.82) is 0 Å². The molecule has 7 heteroatoms. The molecule has 0 fully saturated rings. The van der Waals surface area contributed by atoms with Gasteiger partial charge in [0.1, 0.15) is 5.01 Å². The maximum Gasteiger partial charge on any atom is 0.195 e. The molecule has 0 saturated carbocycles. The lowest BCUT2D eigenvalue weighted by Crippen LogP contribution is -1.89. The number of hydrogen-bond acceptors (Lipinski definition) is 5. The highest BCUT2D eigenvalue weighted by Gasteiger charge is 2.10. The van der Waals surface area contributed by atoms with Crippen LogP contribution in [0, 0.1) is 4.77 Å². The summed E-state index contributed by atoms with van der Waals surface area (Å²) in [4.78, 5) is 9.38. The summed E-state index contributed by atoms with van der Waals surface area (Å²) in [6.07, 6.45) is 5.32. The summed E-state index contributed by atoms with van der Waals surface area (Å²) in [5.74, 6) is 0.804. The van der Waals surface area contributed by atoms with Gasteiger partial charge in [-0.1, -0.05) is 0 Å². The van der Waals surface area contributed by atoms with Crippen LogP contribution in [0.5, 0.6) is 0 Å². The molecule has 18 heavy (non-hydrogen) atoms. The van der Waals surface area contributed by atoms with E-state index in [1.165, 1.54) is 0 Å². The Balaban J connectivity index is 2.05. The van der Waals surface area contributed by atoms with Crippen LogP contribution < -0.4 is 0 Å². The van der Waals surface area contributed by atoms with E-state index in [9.17, 15) is 0 Å². The fraction of sp³-hybridized carbons (Fsp3) is 0.0909. The second-order valence-corrected chi connectivity index (χ2v) is 5.09. The van der Waals surface area contributed by atoms with Gasteiger partial charge in [0.25, 0.3) is 0 Å². The van der Waals surface area contributed by atoms with Crippen LogP contribution in [0.1, 0.15) is 0 Å². The van der Waals surface area contributed by atoms with Crippen LogP contribution in [0.4, 0.5) is 0 Å². The average Bonchev–Trinajstić information content (AvgIpc) is 3.00. The number of thiazole rings is 1. The van der Waals surface area contributed by atoms with Crippen LogP contribution in [0.25, 0.3) is 21.3 Å². The van der Waals surface area contributed by atoms with Crippen LogP contribution >= 0.6 is 23.6 Å². The molecule has 0 aliphatic carbocycles. The van der Waals surface area contributed by atoms with E-state index in [0.29, 0.717) is 4.77 Å². The first-order valence-corrected chi connectivity index (χ1v) is 6.46. The van der Waals surface area contributed by atoms with Gasteiger partial charge in [-0.25, -0.2) is 4.98 Å². The van der Waals surface area contributed by atoms with E-state index >= 15 is 0 Å². The lowest BCUT2D eigenvalue weighted by Gasteiger charge is -1.95. The second-order valence-electron chi connectivity index (χ2n) is 3.68. The lowest BCUT2D eigenvalue weighted by molar-refractivity contribution is 0.903. The van der Waals surface area contributed by atoms with Crippen molar-refractivity contribution in [2.24, 2.45) is 7.05 Å². The summed E-state index contributed by atoms with van der Waals surface area (Å²) in [5, 5.41) is 7.91. The Morgan fingerprint density at radius 3 is 2.78 bits per heavy atom. The second kappa shape index (κ2) is 4.43. The van der Waals surface area contributed by atoms with Crippen LogP contribution in [0.15, 0.2) is 30.7 Å². The predicted molar refractivity (Wildman–Crippen MR) is 72.7 cm³/mol. The largest absolute Gasteiger partial charge is 0.303 e. The molecule has 1 N–H and O–H groups in total. The molecule has 3 heterocycles. The number of aromatic amines is 1. The van der Waals surface area contributed by atoms with Gasteiger partial charge in [-0.3, -0.25) is 10.1 Å². The number of rotatable bonds is 2. The Morgan fingerprint density at radius 2 is 2.11 bits per heavy atom. The minimum atomic E-state index is 0.601. The van der Waals surface area contributed by atoms with E-state index < -0.39 is 0 Å². The maximum atomic E-state index is 5.10. The molecule has 0 aliphatic heterocycles. The summed E-state index contributed by atoms with van der Waals surface area (Å²) >= 11 is 6.67. The SMILES string of the molecule is Cn1c(-c2cnc(-c3ccncc3)s2)n[nH]c1=S. The van der Waals surface area contributed by atoms with Gasteiger partial charge in [0.15, 0.2) is 10.6 Å². The van der Waals surface area contributed by atoms with Crippen molar-refractivity contribution in [2.75, 3.05) is 0 Å². The van der Waals surface area contributed by atoms with E-state index in [-0.39, 0.29) is 0 Å². The van der Waals surface area contributed by atoms with Gasteiger partial charge >= 0.3 is 0 Å². The minimum Gasteiger partial charge on any atom is -0.303 e. The molecule has 3 rings (SSSR count). The normalized spacial score (nSPS) is 10.7. The van der Waals surface area contributed by atoms with Gasteiger partial charge in [0.05, 0.1) is 4.88 Å². The molecule has 0 amide bonds. The minimum absolute atomic E-state index is 0.601. The quantitative estimate of drug-likeness (QED) is 0.730. The standard InChI is InChI=1S/C11H9N5S2/c1-16-9(14-15-11(16)17)8-6-13-10(18-8)7-2-4-12-5-3-7/h2-6H,1H3,(H,15,17). The topological polar surface area (TPSA) is 59.4 Å². The van der Waals surface area contributed by atoms with E-state index in [2.05, 4.69) is 20.2 Å². The van der Waals surface area contributed by atoms with E-state index in [1.807, 2.05) is 29.9 Å². The third kappa shape index (κ3) is 1.87. The van der Waals surface area contributed by atoms with Gasteiger partial charge < -0.3 is 4.57 Å². The fourth-order valence-electron chi connectivity index (χ4n) is 1.57. The maximum absolute atomic E-state index is 5.10. The van der Waals surface area contributed by atoms with Crippen LogP contribution in [0.2, 0.25) is 0 Å². The van der Waals surface area contributed by atoms with Crippen molar-refractivity contribution in [2.45, 2.75) is 0 Å². The van der Waals surface area contributed by atoms with Gasteiger partial charge in [-0.05, 0) is 24.4 Å². The number of nitrogens with one attached hydrogen (secondary N) is 1. The zero-order valence-electron chi connectivity index (χ0n) is 9.49. The molecule has 0 saturated heterocycles. The first-order chi connectivity index (χ1) is 8.75. The first kappa shape index (κ1) is 11.2. The number of H-pyrrole nitrogens is 1. The summed E-state index contributed by atoms with van der Waals surface area (Å²) in [6.45, 7) is 0. The van der Waals surface area contributed by atoms with Gasteiger partial charge in [0, 0.05) is 31.2 Å². The summed E-state index contributed by atoms with van der Waals surface area (Å²) < 4.78 is 2.43. The molecule has 0 radical (unpaired) electrons. The Morgan fingerprint density at radius 1 is 1.33 bits per heavy atom. The number of pyridine rings is 1. The molecule has 0 bridgehead atoms. The molecule has 0 aromatic carbocycles. The van der Waals surface area contributed by atoms with E-state index in [4.69, 9.17) is 12.2 Å². The van der Waals surface area contributed by atoms with E-state index in [0.717, 1.165) is 21.3 Å². The molecule has 0 spiro atoms. The highest BCUT2D eigenvalue weighted by molar-refractivity contribution is 7.71. The van der Waals surface area contributed by atoms with Crippen molar-refractivity contribution >= 4 is 23.6 Å². The summed E-state index contributed by atoms with van der Waals surface area (Å²) in [5.41, 5.74) is 1.05. The number of nitrogens with zero attached hydrogens (tertiary/aromatic N) is 4. The molecule has 0 unspecified atom stereocenters. The van der Waals surface area contributed by atoms with Crippen LogP contribution in [-0.4, -0.2) is 24.7 Å². The summed E-state index contributed by atoms with van der Waals surface area (Å²) in [6, 6.07) is 3.87. The Bertz CT molecular complexity index is 725. The van der Waals surface area contributed by atoms with Gasteiger partial charge in [0.2, 0.25) is 0 Å². The Kier molecular flexibility index (Phi) is 2.77. The first-order valence-electron chi connectivity index (χ1n) is 5.23. The molecule has 3 aromatic heterocycles. The molecule has 0 atom stereocenters. The molecule has 5 nitrogen and oxygen atoms in total. The predicted octanol–water partition coefficient (Wildman–Crippen LogP) is 2.66. The fourth-order valence-corrected chi connectivity index (χ4v) is 2.65. The third-order valence-electron chi connectivity index (χ3n) is 2.53. The Hall–Kier alpha value is -1.86. The molecule has 90 valence electrons. The highest BCUT2D eigenvalue weighted by atomic mass is 32.1. The monoisotopic (exact) mass is 275 g/mol. The van der Waals surface area contributed by atoms with Crippen molar-refractivity contribution in [1.82, 2.24) is 24.7 Å². The van der Waals surface area contributed by atoms with Crippen molar-refractivity contribution in [3.63, 3.8) is 0 Å². The van der Waals surface area contributed by atoms with Crippen LogP contribution in [-0.2, 0) is 7.05 Å². The van der Waals surface area contributed by atoms with Crippen LogP contribution in [0.3, 0.4) is 0 Å². The van der Waals surface area contributed by atoms with Gasteiger partial charge in [-0.2, -0.15) is 5.10 Å². The summed E-state index contributed by atoms with van der Waals surface area (Å²) in [7, 11) is 1.88. The molecular weight excluding hydrogens is 266 g/mol. The molecule has 3 aromatic rings. The smallest absolute Gasteiger partial charge is 0.195 e. The van der Waals surface area contributed by atoms with Crippen molar-refractivity contribution in [3.8, 4) is 21.3 Å². The zero-order chi connectivity index (χ0) is 12.5. The highest BCUT2D eigenvalue weighted by Crippen LogP contribution is 2.30. The Labute approximate surface area is 112 Å². The third-order valence-corrected chi connectivity index (χ3v) is 3.94. The van der Waals surface area contributed by atoms with Crippen molar-refractivity contribution < 1.29 is 0 Å². The number of hydrogen-bond donors (Lipinski definition) is 1. The average molecular weight is 275 g/mol. The lowest BCUT2D eigenvalue weighted by atomic mass is 10.3. The zero-order valence-corrected chi connectivity index (χ0v) is 11.1. The van der Waals surface area contributed by atoms with E-state index in [1.54, 1.807) is 23.7 Å². The molecular formula is C11H9N5S2. The van der Waals surface area contributed by atoms with Gasteiger partial charge in [-0.15, -0.1) is 11.3 Å². The number of aromatic nitrogens is 5. The molecule has 0 aliphatic rings.